The van der Waals surface area contributed by atoms with Crippen LogP contribution in [0.4, 0.5) is 0 Å². The van der Waals surface area contributed by atoms with Crippen LogP contribution < -0.4 is 5.32 Å². The average molecular weight is 297 g/mol. The molecular weight excluding hydrogens is 256 g/mol. The van der Waals surface area contributed by atoms with Crippen LogP contribution in [0.25, 0.3) is 0 Å². The highest BCUT2D eigenvalue weighted by Gasteiger charge is 2.35. The van der Waals surface area contributed by atoms with Gasteiger partial charge in [0.25, 0.3) is 0 Å². The third-order valence-corrected chi connectivity index (χ3v) is 5.29. The van der Waals surface area contributed by atoms with Gasteiger partial charge in [-0.25, -0.2) is 0 Å². The number of piperazine rings is 1. The molecular formula is C19H40N2. The summed E-state index contributed by atoms with van der Waals surface area (Å²) in [6.07, 6.45) is 8.24. The molecule has 1 N–H and O–H groups in total. The summed E-state index contributed by atoms with van der Waals surface area (Å²) in [7, 11) is 0. The third kappa shape index (κ3) is 6.69. The largest absolute Gasteiger partial charge is 0.309 e. The summed E-state index contributed by atoms with van der Waals surface area (Å²) in [4.78, 5) is 2.77. The number of nitrogens with zero attached hydrogens (tertiary/aromatic N) is 1. The lowest BCUT2D eigenvalue weighted by atomic mass is 9.89. The maximum Gasteiger partial charge on any atom is 0.0278 e. The summed E-state index contributed by atoms with van der Waals surface area (Å²) in [5.74, 6) is 1.62. The SMILES string of the molecule is CCC1(C)CN(CCCCCCC(C)C)C(C(C)C)CN1. The van der Waals surface area contributed by atoms with Crippen LogP contribution in [-0.2, 0) is 0 Å². The Morgan fingerprint density at radius 3 is 2.33 bits per heavy atom. The molecule has 21 heavy (non-hydrogen) atoms. The van der Waals surface area contributed by atoms with E-state index in [0.29, 0.717) is 5.54 Å². The van der Waals surface area contributed by atoms with Gasteiger partial charge in [0.05, 0.1) is 0 Å². The molecule has 0 spiro atoms. The lowest BCUT2D eigenvalue weighted by Crippen LogP contribution is -2.63. The molecule has 1 saturated heterocycles. The maximum atomic E-state index is 3.79. The van der Waals surface area contributed by atoms with Crippen molar-refractivity contribution in [2.45, 2.75) is 91.6 Å². The molecule has 0 amide bonds. The fourth-order valence-corrected chi connectivity index (χ4v) is 3.46. The van der Waals surface area contributed by atoms with E-state index < -0.39 is 0 Å². The first-order valence-corrected chi connectivity index (χ1v) is 9.37. The Morgan fingerprint density at radius 2 is 1.76 bits per heavy atom. The number of hydrogen-bond donors (Lipinski definition) is 1. The lowest BCUT2D eigenvalue weighted by Gasteiger charge is -2.47. The summed E-state index contributed by atoms with van der Waals surface area (Å²) < 4.78 is 0. The van der Waals surface area contributed by atoms with Crippen LogP contribution in [0.5, 0.6) is 0 Å². The summed E-state index contributed by atoms with van der Waals surface area (Å²) in [5, 5.41) is 3.79. The van der Waals surface area contributed by atoms with E-state index in [1.807, 2.05) is 0 Å². The summed E-state index contributed by atoms with van der Waals surface area (Å²) >= 11 is 0. The van der Waals surface area contributed by atoms with Gasteiger partial charge in [0.15, 0.2) is 0 Å². The van der Waals surface area contributed by atoms with Crippen molar-refractivity contribution in [3.63, 3.8) is 0 Å². The van der Waals surface area contributed by atoms with Crippen LogP contribution in [-0.4, -0.2) is 36.1 Å². The van der Waals surface area contributed by atoms with Crippen LogP contribution in [0.15, 0.2) is 0 Å². The molecule has 1 rings (SSSR count). The predicted octanol–water partition coefficient (Wildman–Crippen LogP) is 4.69. The van der Waals surface area contributed by atoms with Gasteiger partial charge in [-0.1, -0.05) is 60.3 Å². The van der Waals surface area contributed by atoms with Gasteiger partial charge < -0.3 is 5.32 Å². The highest BCUT2D eigenvalue weighted by Crippen LogP contribution is 2.23. The van der Waals surface area contributed by atoms with Crippen LogP contribution in [0.3, 0.4) is 0 Å². The molecule has 0 aromatic heterocycles. The van der Waals surface area contributed by atoms with E-state index in [1.54, 1.807) is 0 Å². The van der Waals surface area contributed by atoms with Crippen molar-refractivity contribution in [1.82, 2.24) is 10.2 Å². The molecule has 2 atom stereocenters. The highest BCUT2D eigenvalue weighted by molar-refractivity contribution is 4.95. The molecule has 0 aromatic rings. The first kappa shape index (κ1) is 19.0. The van der Waals surface area contributed by atoms with Gasteiger partial charge in [-0.3, -0.25) is 4.90 Å². The molecule has 0 radical (unpaired) electrons. The van der Waals surface area contributed by atoms with Crippen molar-refractivity contribution in [3.8, 4) is 0 Å². The molecule has 0 aromatic carbocycles. The molecule has 126 valence electrons. The minimum atomic E-state index is 0.322. The molecule has 2 heteroatoms. The molecule has 1 aliphatic heterocycles. The molecule has 2 nitrogen and oxygen atoms in total. The summed E-state index contributed by atoms with van der Waals surface area (Å²) in [5.41, 5.74) is 0.322. The molecule has 0 saturated carbocycles. The Kier molecular flexibility index (Phi) is 8.26. The number of unbranched alkanes of at least 4 members (excludes halogenated alkanes) is 3. The second-order valence-electron chi connectivity index (χ2n) is 8.17. The van der Waals surface area contributed by atoms with Crippen molar-refractivity contribution in [1.29, 1.82) is 0 Å². The molecule has 0 bridgehead atoms. The van der Waals surface area contributed by atoms with E-state index in [-0.39, 0.29) is 0 Å². The standard InChI is InChI=1S/C19H40N2/c1-7-19(6)15-21(18(14-20-19)17(4)5)13-11-9-8-10-12-16(2)3/h16-18,20H,7-15H2,1-6H3. The van der Waals surface area contributed by atoms with Gasteiger partial charge in [-0.05, 0) is 38.1 Å². The van der Waals surface area contributed by atoms with Gasteiger partial charge in [0.2, 0.25) is 0 Å². The second-order valence-corrected chi connectivity index (χ2v) is 8.17. The van der Waals surface area contributed by atoms with Gasteiger partial charge in [-0.2, -0.15) is 0 Å². The number of hydrogen-bond acceptors (Lipinski definition) is 2. The normalized spacial score (nSPS) is 27.7. The van der Waals surface area contributed by atoms with E-state index in [9.17, 15) is 0 Å². The molecule has 1 heterocycles. The molecule has 2 unspecified atom stereocenters. The van der Waals surface area contributed by atoms with Gasteiger partial charge in [-0.15, -0.1) is 0 Å². The monoisotopic (exact) mass is 296 g/mol. The number of nitrogens with one attached hydrogen (secondary N) is 1. The van der Waals surface area contributed by atoms with Crippen molar-refractivity contribution in [2.75, 3.05) is 19.6 Å². The topological polar surface area (TPSA) is 15.3 Å². The quantitative estimate of drug-likeness (QED) is 0.621. The van der Waals surface area contributed by atoms with E-state index in [1.165, 1.54) is 51.6 Å². The summed E-state index contributed by atoms with van der Waals surface area (Å²) in [6, 6.07) is 0.722. The first-order valence-electron chi connectivity index (χ1n) is 9.37. The Morgan fingerprint density at radius 1 is 1.10 bits per heavy atom. The third-order valence-electron chi connectivity index (χ3n) is 5.29. The first-order chi connectivity index (χ1) is 9.88. The Hall–Kier alpha value is -0.0800. The maximum absolute atomic E-state index is 3.79. The van der Waals surface area contributed by atoms with Crippen molar-refractivity contribution in [2.24, 2.45) is 11.8 Å². The van der Waals surface area contributed by atoms with E-state index in [2.05, 4.69) is 51.8 Å². The minimum absolute atomic E-state index is 0.322. The van der Waals surface area contributed by atoms with E-state index >= 15 is 0 Å². The van der Waals surface area contributed by atoms with Gasteiger partial charge >= 0.3 is 0 Å². The van der Waals surface area contributed by atoms with Crippen LogP contribution >= 0.6 is 0 Å². The van der Waals surface area contributed by atoms with Crippen molar-refractivity contribution in [3.05, 3.63) is 0 Å². The van der Waals surface area contributed by atoms with Gasteiger partial charge in [0, 0.05) is 24.7 Å². The summed E-state index contributed by atoms with van der Waals surface area (Å²) in [6.45, 7) is 17.8. The zero-order chi connectivity index (χ0) is 15.9. The fourth-order valence-electron chi connectivity index (χ4n) is 3.46. The van der Waals surface area contributed by atoms with Crippen molar-refractivity contribution < 1.29 is 0 Å². The zero-order valence-electron chi connectivity index (χ0n) is 15.5. The lowest BCUT2D eigenvalue weighted by molar-refractivity contribution is 0.0588. The van der Waals surface area contributed by atoms with Crippen LogP contribution in [0, 0.1) is 11.8 Å². The average Bonchev–Trinajstić information content (AvgIpc) is 2.42. The predicted molar refractivity (Wildman–Crippen MR) is 94.8 cm³/mol. The Bertz CT molecular complexity index is 275. The van der Waals surface area contributed by atoms with E-state index in [4.69, 9.17) is 0 Å². The fraction of sp³-hybridized carbons (Fsp3) is 1.00. The molecule has 1 fully saturated rings. The van der Waals surface area contributed by atoms with Crippen LogP contribution in [0.1, 0.15) is 80.1 Å². The van der Waals surface area contributed by atoms with Gasteiger partial charge in [0.1, 0.15) is 0 Å². The zero-order valence-corrected chi connectivity index (χ0v) is 15.5. The van der Waals surface area contributed by atoms with Crippen molar-refractivity contribution >= 4 is 0 Å². The van der Waals surface area contributed by atoms with Crippen LogP contribution in [0.2, 0.25) is 0 Å². The highest BCUT2D eigenvalue weighted by atomic mass is 15.3. The number of rotatable bonds is 9. The Labute approximate surface area is 134 Å². The van der Waals surface area contributed by atoms with E-state index in [0.717, 1.165) is 24.4 Å². The molecule has 0 aliphatic carbocycles. The minimum Gasteiger partial charge on any atom is -0.309 e. The molecule has 1 aliphatic rings. The smallest absolute Gasteiger partial charge is 0.0278 e. The Balaban J connectivity index is 2.33. The second kappa shape index (κ2) is 9.15.